The average molecular weight is 498 g/mol. The molecular weight excluding hydrogens is 462 g/mol. The maximum absolute atomic E-state index is 11.1. The highest BCUT2D eigenvalue weighted by Crippen LogP contribution is 2.31. The molecule has 3 N–H and O–H groups in total. The van der Waals surface area contributed by atoms with E-state index >= 15 is 0 Å². The Kier molecular flexibility index (Phi) is 12.4. The van der Waals surface area contributed by atoms with E-state index in [-0.39, 0.29) is 5.91 Å². The summed E-state index contributed by atoms with van der Waals surface area (Å²) in [7, 11) is 0. The number of aromatic carboxylic acids is 1. The third-order valence-electron chi connectivity index (χ3n) is 4.83. The predicted octanol–water partition coefficient (Wildman–Crippen LogP) is 7.79. The van der Waals surface area contributed by atoms with Crippen molar-refractivity contribution in [1.82, 2.24) is 0 Å². The molecule has 0 fully saturated rings. The van der Waals surface area contributed by atoms with E-state index in [4.69, 9.17) is 10.8 Å². The van der Waals surface area contributed by atoms with Crippen LogP contribution in [0.2, 0.25) is 0 Å². The number of hydrogen-bond acceptors (Lipinski definition) is 4. The lowest BCUT2D eigenvalue weighted by Crippen LogP contribution is -2.10. The quantitative estimate of drug-likeness (QED) is 0.341. The number of hydrogen-bond donors (Lipinski definition) is 2. The minimum absolute atomic E-state index is 0.370. The Hall–Kier alpha value is -2.83. The second kappa shape index (κ2) is 14.4. The van der Waals surface area contributed by atoms with Crippen molar-refractivity contribution in [2.24, 2.45) is 11.7 Å². The maximum atomic E-state index is 11.1. The molecule has 0 radical (unpaired) electrons. The normalized spacial score (nSPS) is 10.6. The molecule has 0 spiro atoms. The molecule has 0 aliphatic carbocycles. The summed E-state index contributed by atoms with van der Waals surface area (Å²) in [4.78, 5) is 24.3. The molecule has 1 aromatic heterocycles. The molecule has 182 valence electrons. The van der Waals surface area contributed by atoms with Gasteiger partial charge in [-0.1, -0.05) is 57.5 Å². The molecule has 0 saturated heterocycles. The SMILES string of the molecule is CC.CSc1ccc(/C(=C/c2sc(C(=O)O)cc2C)C(C)C)cc1.Cc1ccc(C(N)=O)cc1. The van der Waals surface area contributed by atoms with Gasteiger partial charge in [-0.25, -0.2) is 4.79 Å². The number of carboxylic acids is 1. The van der Waals surface area contributed by atoms with Crippen molar-refractivity contribution in [3.8, 4) is 0 Å². The number of carbonyl (C=O) groups is 2. The molecule has 3 aromatic rings. The van der Waals surface area contributed by atoms with E-state index in [9.17, 15) is 9.59 Å². The van der Waals surface area contributed by atoms with E-state index < -0.39 is 5.97 Å². The summed E-state index contributed by atoms with van der Waals surface area (Å²) in [5.74, 6) is -0.863. The number of benzene rings is 2. The zero-order chi connectivity index (χ0) is 25.8. The third kappa shape index (κ3) is 8.84. The fourth-order valence-electron chi connectivity index (χ4n) is 2.97. The van der Waals surface area contributed by atoms with Gasteiger partial charge in [-0.15, -0.1) is 23.1 Å². The van der Waals surface area contributed by atoms with Crippen molar-refractivity contribution >= 4 is 46.6 Å². The molecule has 1 heterocycles. The van der Waals surface area contributed by atoms with E-state index in [1.54, 1.807) is 30.0 Å². The van der Waals surface area contributed by atoms with Gasteiger partial charge in [-0.05, 0) is 79.1 Å². The number of thioether (sulfide) groups is 1. The molecule has 3 rings (SSSR count). The maximum Gasteiger partial charge on any atom is 0.345 e. The standard InChI is InChI=1S/C18H20O2S2.C8H9NO.C2H6/c1-11(2)15(13-5-7-14(21-4)8-6-13)10-16-12(3)9-17(22-16)18(19)20;1-6-2-4-7(5-3-6)8(9)10;1-2/h5-11H,1-4H3,(H,19,20);2-5H,1H3,(H2,9,10);1-2H3/b15-10+;;. The van der Waals surface area contributed by atoms with Crippen LogP contribution in [-0.4, -0.2) is 23.2 Å². The number of allylic oxidation sites excluding steroid dienone is 1. The summed E-state index contributed by atoms with van der Waals surface area (Å²) >= 11 is 3.06. The van der Waals surface area contributed by atoms with Crippen LogP contribution in [0.15, 0.2) is 59.5 Å². The fraction of sp³-hybridized carbons (Fsp3) is 0.286. The molecule has 0 saturated carbocycles. The van der Waals surface area contributed by atoms with Crippen molar-refractivity contribution in [3.63, 3.8) is 0 Å². The molecule has 2 aromatic carbocycles. The zero-order valence-corrected chi connectivity index (χ0v) is 22.6. The first-order valence-electron chi connectivity index (χ1n) is 11.2. The molecule has 0 aliphatic heterocycles. The predicted molar refractivity (Wildman–Crippen MR) is 148 cm³/mol. The summed E-state index contributed by atoms with van der Waals surface area (Å²) in [5.41, 5.74) is 10.2. The number of primary amides is 1. The Balaban J connectivity index is 0.000000402. The van der Waals surface area contributed by atoms with Crippen LogP contribution in [0, 0.1) is 19.8 Å². The first-order chi connectivity index (χ1) is 16.1. The van der Waals surface area contributed by atoms with Gasteiger partial charge in [0.05, 0.1) is 0 Å². The number of thiophene rings is 1. The second-order valence-corrected chi connectivity index (χ2v) is 9.64. The Morgan fingerprint density at radius 2 is 1.50 bits per heavy atom. The molecule has 0 aliphatic rings. The third-order valence-corrected chi connectivity index (χ3v) is 6.75. The van der Waals surface area contributed by atoms with Crippen molar-refractivity contribution < 1.29 is 14.7 Å². The van der Waals surface area contributed by atoms with Crippen LogP contribution >= 0.6 is 23.1 Å². The first-order valence-corrected chi connectivity index (χ1v) is 13.2. The Morgan fingerprint density at radius 1 is 0.971 bits per heavy atom. The Morgan fingerprint density at radius 3 is 1.91 bits per heavy atom. The lowest BCUT2D eigenvalue weighted by molar-refractivity contribution is 0.0702. The van der Waals surface area contributed by atoms with Gasteiger partial charge >= 0.3 is 5.97 Å². The highest BCUT2D eigenvalue weighted by atomic mass is 32.2. The van der Waals surface area contributed by atoms with Gasteiger partial charge in [0.2, 0.25) is 5.91 Å². The largest absolute Gasteiger partial charge is 0.477 e. The molecule has 0 atom stereocenters. The fourth-order valence-corrected chi connectivity index (χ4v) is 4.34. The smallest absolute Gasteiger partial charge is 0.345 e. The van der Waals surface area contributed by atoms with Crippen LogP contribution in [-0.2, 0) is 0 Å². The van der Waals surface area contributed by atoms with Crippen molar-refractivity contribution in [2.45, 2.75) is 46.4 Å². The van der Waals surface area contributed by atoms with E-state index in [0.29, 0.717) is 16.4 Å². The Labute approximate surface area is 211 Å². The minimum atomic E-state index is -0.858. The van der Waals surface area contributed by atoms with Gasteiger partial charge in [-0.2, -0.15) is 0 Å². The molecule has 0 bridgehead atoms. The number of carbonyl (C=O) groups excluding carboxylic acids is 1. The number of amides is 1. The minimum Gasteiger partial charge on any atom is -0.477 e. The van der Waals surface area contributed by atoms with Gasteiger partial charge in [0, 0.05) is 15.3 Å². The van der Waals surface area contributed by atoms with Gasteiger partial charge in [-0.3, -0.25) is 4.79 Å². The zero-order valence-electron chi connectivity index (χ0n) is 21.0. The number of aryl methyl sites for hydroxylation is 2. The molecule has 0 unspecified atom stereocenters. The average Bonchev–Trinajstić information content (AvgIpc) is 3.20. The number of nitrogens with two attached hydrogens (primary N) is 1. The lowest BCUT2D eigenvalue weighted by atomic mass is 9.94. The topological polar surface area (TPSA) is 80.4 Å². The Bertz CT molecular complexity index is 1100. The van der Waals surface area contributed by atoms with Crippen LogP contribution in [0.5, 0.6) is 0 Å². The first kappa shape index (κ1) is 29.2. The van der Waals surface area contributed by atoms with Gasteiger partial charge in [0.1, 0.15) is 4.88 Å². The number of rotatable bonds is 6. The van der Waals surface area contributed by atoms with Gasteiger partial charge < -0.3 is 10.8 Å². The van der Waals surface area contributed by atoms with Crippen molar-refractivity contribution in [1.29, 1.82) is 0 Å². The van der Waals surface area contributed by atoms with Crippen LogP contribution in [0.4, 0.5) is 0 Å². The van der Waals surface area contributed by atoms with E-state index in [2.05, 4.69) is 50.4 Å². The van der Waals surface area contributed by atoms with Gasteiger partial charge in [0.15, 0.2) is 0 Å². The summed E-state index contributed by atoms with van der Waals surface area (Å²) in [5, 5.41) is 9.13. The lowest BCUT2D eigenvalue weighted by Gasteiger charge is -2.12. The van der Waals surface area contributed by atoms with Crippen LogP contribution in [0.25, 0.3) is 11.6 Å². The van der Waals surface area contributed by atoms with Crippen LogP contribution in [0.3, 0.4) is 0 Å². The van der Waals surface area contributed by atoms with Crippen LogP contribution < -0.4 is 5.73 Å². The van der Waals surface area contributed by atoms with Crippen LogP contribution in [0.1, 0.15) is 69.3 Å². The van der Waals surface area contributed by atoms with Crippen molar-refractivity contribution in [2.75, 3.05) is 6.26 Å². The molecule has 34 heavy (non-hydrogen) atoms. The highest BCUT2D eigenvalue weighted by Gasteiger charge is 2.13. The monoisotopic (exact) mass is 497 g/mol. The van der Waals surface area contributed by atoms with E-state index in [1.807, 2.05) is 39.8 Å². The summed E-state index contributed by atoms with van der Waals surface area (Å²) < 4.78 is 0. The van der Waals surface area contributed by atoms with E-state index in [1.165, 1.54) is 27.4 Å². The summed E-state index contributed by atoms with van der Waals surface area (Å²) in [6.45, 7) is 12.2. The molecular formula is C28H35NO3S2. The number of carboxylic acid groups (broad SMARTS) is 1. The highest BCUT2D eigenvalue weighted by molar-refractivity contribution is 7.98. The second-order valence-electron chi connectivity index (χ2n) is 7.68. The van der Waals surface area contributed by atoms with E-state index in [0.717, 1.165) is 16.0 Å². The molecule has 6 heteroatoms. The van der Waals surface area contributed by atoms with Gasteiger partial charge in [0.25, 0.3) is 0 Å². The molecule has 4 nitrogen and oxygen atoms in total. The van der Waals surface area contributed by atoms with Crippen molar-refractivity contribution in [3.05, 3.63) is 86.6 Å². The summed E-state index contributed by atoms with van der Waals surface area (Å²) in [6.07, 6.45) is 4.20. The summed E-state index contributed by atoms with van der Waals surface area (Å²) in [6, 6.07) is 17.4. The molecule has 1 amide bonds.